The molecule has 0 saturated heterocycles. The normalized spacial score (nSPS) is 11.7. The fourth-order valence-electron chi connectivity index (χ4n) is 1.34. The van der Waals surface area contributed by atoms with Crippen molar-refractivity contribution < 1.29 is 9.84 Å². The van der Waals surface area contributed by atoms with E-state index in [1.54, 1.807) is 0 Å². The van der Waals surface area contributed by atoms with Crippen molar-refractivity contribution in [2.24, 2.45) is 0 Å². The number of aliphatic hydroxyl groups is 1. The van der Waals surface area contributed by atoms with Gasteiger partial charge >= 0.3 is 6.01 Å². The van der Waals surface area contributed by atoms with Crippen LogP contribution in [0.15, 0.2) is 0 Å². The van der Waals surface area contributed by atoms with E-state index >= 15 is 0 Å². The van der Waals surface area contributed by atoms with Crippen LogP contribution < -0.4 is 15.8 Å². The maximum Gasteiger partial charge on any atom is 0.323 e. The van der Waals surface area contributed by atoms with E-state index in [0.717, 1.165) is 0 Å². The lowest BCUT2D eigenvalue weighted by atomic mass is 10.0. The fraction of sp³-hybridized carbons (Fsp3) is 0.727. The highest BCUT2D eigenvalue weighted by Crippen LogP contribution is 2.17. The van der Waals surface area contributed by atoms with Crippen molar-refractivity contribution in [3.8, 4) is 6.01 Å². The summed E-state index contributed by atoms with van der Waals surface area (Å²) in [6.07, 6.45) is 0.531. The Bertz CT molecular complexity index is 395. The van der Waals surface area contributed by atoms with Gasteiger partial charge in [-0.25, -0.2) is 0 Å². The first kappa shape index (κ1) is 14.4. The number of aromatic nitrogens is 3. The third-order valence-corrected chi connectivity index (χ3v) is 2.16. The quantitative estimate of drug-likeness (QED) is 0.690. The van der Waals surface area contributed by atoms with E-state index in [9.17, 15) is 0 Å². The van der Waals surface area contributed by atoms with Gasteiger partial charge < -0.3 is 20.9 Å². The van der Waals surface area contributed by atoms with Gasteiger partial charge in [-0.1, -0.05) is 0 Å². The third-order valence-electron chi connectivity index (χ3n) is 2.16. The number of rotatable bonds is 6. The average molecular weight is 255 g/mol. The van der Waals surface area contributed by atoms with Crippen molar-refractivity contribution >= 4 is 11.9 Å². The van der Waals surface area contributed by atoms with Crippen LogP contribution in [0.3, 0.4) is 0 Å². The summed E-state index contributed by atoms with van der Waals surface area (Å²) in [5.74, 6) is 0.444. The van der Waals surface area contributed by atoms with Gasteiger partial charge in [-0.05, 0) is 34.1 Å². The summed E-state index contributed by atoms with van der Waals surface area (Å²) in [7, 11) is 0. The molecule has 0 unspecified atom stereocenters. The lowest BCUT2D eigenvalue weighted by Gasteiger charge is -2.25. The molecular weight excluding hydrogens is 234 g/mol. The molecule has 1 rings (SSSR count). The number of nitrogen functional groups attached to an aromatic ring is 1. The highest BCUT2D eigenvalue weighted by atomic mass is 16.5. The molecule has 0 atom stereocenters. The molecule has 102 valence electrons. The number of ether oxygens (including phenoxy) is 1. The van der Waals surface area contributed by atoms with Gasteiger partial charge in [-0.3, -0.25) is 0 Å². The van der Waals surface area contributed by atoms with Gasteiger partial charge in [-0.15, -0.1) is 0 Å². The summed E-state index contributed by atoms with van der Waals surface area (Å²) in [6, 6.07) is 0.194. The van der Waals surface area contributed by atoms with Crippen LogP contribution in [0, 0.1) is 0 Å². The molecule has 0 aliphatic rings. The van der Waals surface area contributed by atoms with E-state index in [1.165, 1.54) is 0 Å². The van der Waals surface area contributed by atoms with Crippen LogP contribution >= 0.6 is 0 Å². The zero-order chi connectivity index (χ0) is 13.8. The second kappa shape index (κ2) is 5.81. The third kappa shape index (κ3) is 4.70. The summed E-state index contributed by atoms with van der Waals surface area (Å²) in [4.78, 5) is 12.0. The highest BCUT2D eigenvalue weighted by molar-refractivity contribution is 5.34. The number of nitrogens with two attached hydrogens (primary N) is 1. The Labute approximate surface area is 107 Å². The van der Waals surface area contributed by atoms with Gasteiger partial charge in [-0.2, -0.15) is 15.0 Å². The van der Waals surface area contributed by atoms with Crippen LogP contribution in [0.25, 0.3) is 0 Å². The smallest absolute Gasteiger partial charge is 0.323 e. The van der Waals surface area contributed by atoms with E-state index in [0.29, 0.717) is 12.4 Å². The van der Waals surface area contributed by atoms with Gasteiger partial charge in [0.15, 0.2) is 0 Å². The monoisotopic (exact) mass is 255 g/mol. The summed E-state index contributed by atoms with van der Waals surface area (Å²) in [5, 5.41) is 12.1. The van der Waals surface area contributed by atoms with Crippen molar-refractivity contribution in [1.82, 2.24) is 15.0 Å². The minimum Gasteiger partial charge on any atom is -0.461 e. The molecule has 0 aliphatic heterocycles. The zero-order valence-electron chi connectivity index (χ0n) is 11.3. The zero-order valence-corrected chi connectivity index (χ0v) is 11.3. The largest absolute Gasteiger partial charge is 0.461 e. The summed E-state index contributed by atoms with van der Waals surface area (Å²) in [6.45, 7) is 7.71. The number of hydrogen-bond acceptors (Lipinski definition) is 7. The standard InChI is InChI=1S/C11H21N5O2/c1-7(2)18-10-14-8(12)13-9(15-10)16-11(3,4)5-6-17/h7,17H,5-6H2,1-4H3,(H3,12,13,14,15,16). The van der Waals surface area contributed by atoms with Gasteiger partial charge in [0.2, 0.25) is 11.9 Å². The minimum atomic E-state index is -0.336. The predicted octanol–water partition coefficient (Wildman–Crippen LogP) is 0.814. The molecule has 18 heavy (non-hydrogen) atoms. The van der Waals surface area contributed by atoms with Gasteiger partial charge in [0.1, 0.15) is 0 Å². The van der Waals surface area contributed by atoms with E-state index in [4.69, 9.17) is 15.6 Å². The van der Waals surface area contributed by atoms with Crippen molar-refractivity contribution in [2.75, 3.05) is 17.7 Å². The maximum absolute atomic E-state index is 8.97. The predicted molar refractivity (Wildman–Crippen MR) is 69.4 cm³/mol. The molecule has 7 nitrogen and oxygen atoms in total. The first-order valence-electron chi connectivity index (χ1n) is 5.89. The Balaban J connectivity index is 2.85. The topological polar surface area (TPSA) is 106 Å². The molecule has 0 aliphatic carbocycles. The summed E-state index contributed by atoms with van der Waals surface area (Å²) < 4.78 is 5.38. The SMILES string of the molecule is CC(C)Oc1nc(N)nc(NC(C)(C)CCO)n1. The lowest BCUT2D eigenvalue weighted by molar-refractivity contribution is 0.222. The van der Waals surface area contributed by atoms with Gasteiger partial charge in [0, 0.05) is 12.1 Å². The summed E-state index contributed by atoms with van der Waals surface area (Å²) in [5.41, 5.74) is 5.26. The average Bonchev–Trinajstić information content (AvgIpc) is 2.13. The number of anilines is 2. The minimum absolute atomic E-state index is 0.0369. The lowest BCUT2D eigenvalue weighted by Crippen LogP contribution is -2.33. The van der Waals surface area contributed by atoms with Crippen molar-refractivity contribution in [1.29, 1.82) is 0 Å². The van der Waals surface area contributed by atoms with Crippen molar-refractivity contribution in [2.45, 2.75) is 45.8 Å². The molecule has 1 aromatic rings. The molecule has 0 saturated carbocycles. The van der Waals surface area contributed by atoms with Crippen LogP contribution in [0.4, 0.5) is 11.9 Å². The molecule has 0 aromatic carbocycles. The Kier molecular flexibility index (Phi) is 4.66. The molecule has 1 heterocycles. The second-order valence-electron chi connectivity index (χ2n) is 4.95. The Morgan fingerprint density at radius 1 is 1.33 bits per heavy atom. The Hall–Kier alpha value is -1.63. The maximum atomic E-state index is 8.97. The summed E-state index contributed by atoms with van der Waals surface area (Å²) >= 11 is 0. The number of aliphatic hydroxyl groups excluding tert-OH is 1. The van der Waals surface area contributed by atoms with Crippen LogP contribution in [-0.4, -0.2) is 38.3 Å². The molecule has 0 bridgehead atoms. The molecule has 0 fully saturated rings. The van der Waals surface area contributed by atoms with Gasteiger partial charge in [0.05, 0.1) is 6.10 Å². The van der Waals surface area contributed by atoms with Crippen LogP contribution in [0.1, 0.15) is 34.1 Å². The second-order valence-corrected chi connectivity index (χ2v) is 4.95. The molecule has 0 spiro atoms. The molecule has 4 N–H and O–H groups in total. The number of nitrogens with one attached hydrogen (secondary N) is 1. The van der Waals surface area contributed by atoms with E-state index in [2.05, 4.69) is 20.3 Å². The molecular formula is C11H21N5O2. The first-order chi connectivity index (χ1) is 8.32. The molecule has 7 heteroatoms. The van der Waals surface area contributed by atoms with Crippen LogP contribution in [-0.2, 0) is 0 Å². The van der Waals surface area contributed by atoms with Crippen LogP contribution in [0.2, 0.25) is 0 Å². The van der Waals surface area contributed by atoms with E-state index in [1.807, 2.05) is 27.7 Å². The van der Waals surface area contributed by atoms with Crippen molar-refractivity contribution in [3.05, 3.63) is 0 Å². The number of hydrogen-bond donors (Lipinski definition) is 3. The number of nitrogens with zero attached hydrogens (tertiary/aromatic N) is 3. The molecule has 0 radical (unpaired) electrons. The van der Waals surface area contributed by atoms with Crippen molar-refractivity contribution in [3.63, 3.8) is 0 Å². The fourth-order valence-corrected chi connectivity index (χ4v) is 1.34. The van der Waals surface area contributed by atoms with Gasteiger partial charge in [0.25, 0.3) is 0 Å². The van der Waals surface area contributed by atoms with E-state index < -0.39 is 0 Å². The van der Waals surface area contributed by atoms with Crippen LogP contribution in [0.5, 0.6) is 6.01 Å². The highest BCUT2D eigenvalue weighted by Gasteiger charge is 2.19. The van der Waals surface area contributed by atoms with E-state index in [-0.39, 0.29) is 30.2 Å². The Morgan fingerprint density at radius 3 is 2.56 bits per heavy atom. The molecule has 1 aromatic heterocycles. The first-order valence-corrected chi connectivity index (χ1v) is 5.89. The molecule has 0 amide bonds. The Morgan fingerprint density at radius 2 is 2.00 bits per heavy atom.